The summed E-state index contributed by atoms with van der Waals surface area (Å²) in [6, 6.07) is 1.92. The average Bonchev–Trinajstić information content (AvgIpc) is 2.30. The van der Waals surface area contributed by atoms with Crippen LogP contribution in [0.2, 0.25) is 0 Å². The van der Waals surface area contributed by atoms with E-state index < -0.39 is 0 Å². The van der Waals surface area contributed by atoms with Gasteiger partial charge in [0.25, 0.3) is 0 Å². The summed E-state index contributed by atoms with van der Waals surface area (Å²) in [5, 5.41) is 0. The van der Waals surface area contributed by atoms with Crippen molar-refractivity contribution in [1.29, 1.82) is 0 Å². The maximum atomic E-state index is 12.3. The molecular formula is C14H19NO. The van der Waals surface area contributed by atoms with Gasteiger partial charge in [-0.05, 0) is 37.3 Å². The maximum absolute atomic E-state index is 12.3. The molecule has 1 saturated carbocycles. The molecule has 0 atom stereocenters. The zero-order chi connectivity index (χ0) is 11.5. The summed E-state index contributed by atoms with van der Waals surface area (Å²) >= 11 is 0. The molecule has 0 aliphatic heterocycles. The van der Waals surface area contributed by atoms with Crippen LogP contribution in [0.15, 0.2) is 18.5 Å². The highest BCUT2D eigenvalue weighted by Gasteiger charge is 2.25. The monoisotopic (exact) mass is 217 g/mol. The van der Waals surface area contributed by atoms with Gasteiger partial charge in [-0.15, -0.1) is 0 Å². The van der Waals surface area contributed by atoms with E-state index in [2.05, 4.69) is 11.9 Å². The molecule has 1 aromatic rings. The Balaban J connectivity index is 2.11. The summed E-state index contributed by atoms with van der Waals surface area (Å²) in [5.41, 5.74) is 1.88. The van der Waals surface area contributed by atoms with Gasteiger partial charge in [0.1, 0.15) is 0 Å². The average molecular weight is 217 g/mol. The Labute approximate surface area is 97.1 Å². The van der Waals surface area contributed by atoms with Gasteiger partial charge in [-0.1, -0.05) is 19.8 Å². The Kier molecular flexibility index (Phi) is 3.37. The molecule has 86 valence electrons. The van der Waals surface area contributed by atoms with Crippen molar-refractivity contribution in [3.05, 3.63) is 29.6 Å². The van der Waals surface area contributed by atoms with Crippen LogP contribution in [0.5, 0.6) is 0 Å². The lowest BCUT2D eigenvalue weighted by atomic mass is 9.79. The van der Waals surface area contributed by atoms with E-state index in [4.69, 9.17) is 0 Å². The second-order valence-electron chi connectivity index (χ2n) is 5.01. The van der Waals surface area contributed by atoms with Gasteiger partial charge < -0.3 is 0 Å². The van der Waals surface area contributed by atoms with Crippen molar-refractivity contribution in [1.82, 2.24) is 4.98 Å². The molecule has 0 saturated heterocycles. The number of aromatic nitrogens is 1. The van der Waals surface area contributed by atoms with E-state index in [0.717, 1.165) is 29.9 Å². The molecule has 0 aromatic carbocycles. The Bertz CT molecular complexity index is 378. The van der Waals surface area contributed by atoms with Crippen molar-refractivity contribution in [2.45, 2.75) is 39.5 Å². The molecule has 2 rings (SSSR count). The molecule has 0 bridgehead atoms. The van der Waals surface area contributed by atoms with Gasteiger partial charge in [-0.3, -0.25) is 9.78 Å². The van der Waals surface area contributed by atoms with Crippen molar-refractivity contribution in [2.75, 3.05) is 0 Å². The molecule has 1 aliphatic carbocycles. The number of Topliss-reactive ketones (excluding diaryl/α,β-unsaturated/α-hetero) is 1. The third-order valence-electron chi connectivity index (χ3n) is 3.69. The lowest BCUT2D eigenvalue weighted by Gasteiger charge is -2.25. The molecular weight excluding hydrogens is 198 g/mol. The number of carbonyl (C=O) groups is 1. The lowest BCUT2D eigenvalue weighted by Crippen LogP contribution is -2.21. The molecule has 0 amide bonds. The quantitative estimate of drug-likeness (QED) is 0.711. The largest absolute Gasteiger partial charge is 0.294 e. The fraction of sp³-hybridized carbons (Fsp3) is 0.571. The minimum Gasteiger partial charge on any atom is -0.294 e. The first kappa shape index (κ1) is 11.3. The molecule has 16 heavy (non-hydrogen) atoms. The fourth-order valence-electron chi connectivity index (χ4n) is 2.46. The number of aryl methyl sites for hydroxylation is 1. The van der Waals surface area contributed by atoms with E-state index in [-0.39, 0.29) is 5.92 Å². The van der Waals surface area contributed by atoms with Crippen LogP contribution in [0.3, 0.4) is 0 Å². The first-order chi connectivity index (χ1) is 7.68. The van der Waals surface area contributed by atoms with Gasteiger partial charge in [-0.25, -0.2) is 0 Å². The molecule has 0 radical (unpaired) electrons. The normalized spacial score (nSPS) is 25.4. The highest BCUT2D eigenvalue weighted by Crippen LogP contribution is 2.30. The molecule has 0 unspecified atom stereocenters. The minimum absolute atomic E-state index is 0.235. The van der Waals surface area contributed by atoms with Crippen molar-refractivity contribution < 1.29 is 4.79 Å². The summed E-state index contributed by atoms with van der Waals surface area (Å²) in [5.74, 6) is 1.33. The smallest absolute Gasteiger partial charge is 0.167 e. The van der Waals surface area contributed by atoms with Crippen LogP contribution in [0, 0.1) is 18.8 Å². The highest BCUT2D eigenvalue weighted by atomic mass is 16.1. The third kappa shape index (κ3) is 2.31. The van der Waals surface area contributed by atoms with Crippen molar-refractivity contribution in [3.8, 4) is 0 Å². The van der Waals surface area contributed by atoms with Gasteiger partial charge in [0, 0.05) is 23.9 Å². The molecule has 2 heteroatoms. The Morgan fingerprint density at radius 3 is 2.62 bits per heavy atom. The number of ketones is 1. The lowest BCUT2D eigenvalue weighted by molar-refractivity contribution is 0.0874. The molecule has 1 aromatic heterocycles. The second kappa shape index (κ2) is 4.77. The van der Waals surface area contributed by atoms with Gasteiger partial charge >= 0.3 is 0 Å². The standard InChI is InChI=1S/C14H19NO/c1-10-3-5-12(6-4-10)14(16)13-9-15-8-7-11(13)2/h7-10,12H,3-6H2,1-2H3. The van der Waals surface area contributed by atoms with Crippen LogP contribution in [0.25, 0.3) is 0 Å². The number of rotatable bonds is 2. The topological polar surface area (TPSA) is 30.0 Å². The number of pyridine rings is 1. The first-order valence-electron chi connectivity index (χ1n) is 6.13. The molecule has 2 nitrogen and oxygen atoms in total. The SMILES string of the molecule is Cc1ccncc1C(=O)C1CCC(C)CC1. The van der Waals surface area contributed by atoms with E-state index in [0.29, 0.717) is 5.78 Å². The van der Waals surface area contributed by atoms with E-state index in [1.807, 2.05) is 13.0 Å². The number of hydrogen-bond donors (Lipinski definition) is 0. The summed E-state index contributed by atoms with van der Waals surface area (Å²) in [6.45, 7) is 4.26. The van der Waals surface area contributed by atoms with Crippen LogP contribution < -0.4 is 0 Å². The first-order valence-corrected chi connectivity index (χ1v) is 6.13. The number of nitrogens with zero attached hydrogens (tertiary/aromatic N) is 1. The van der Waals surface area contributed by atoms with Gasteiger partial charge in [0.15, 0.2) is 5.78 Å². The van der Waals surface area contributed by atoms with Crippen molar-refractivity contribution in [2.24, 2.45) is 11.8 Å². The van der Waals surface area contributed by atoms with E-state index >= 15 is 0 Å². The van der Waals surface area contributed by atoms with Gasteiger partial charge in [-0.2, -0.15) is 0 Å². The van der Waals surface area contributed by atoms with Crippen LogP contribution in [-0.4, -0.2) is 10.8 Å². The zero-order valence-electron chi connectivity index (χ0n) is 10.1. The van der Waals surface area contributed by atoms with E-state index in [1.165, 1.54) is 12.8 Å². The molecule has 0 spiro atoms. The summed E-state index contributed by atoms with van der Waals surface area (Å²) < 4.78 is 0. The highest BCUT2D eigenvalue weighted by molar-refractivity contribution is 5.98. The number of carbonyl (C=O) groups excluding carboxylic acids is 1. The van der Waals surface area contributed by atoms with E-state index in [1.54, 1.807) is 12.4 Å². The summed E-state index contributed by atoms with van der Waals surface area (Å²) in [7, 11) is 0. The molecule has 1 fully saturated rings. The predicted molar refractivity (Wildman–Crippen MR) is 64.4 cm³/mol. The van der Waals surface area contributed by atoms with Crippen LogP contribution >= 0.6 is 0 Å². The van der Waals surface area contributed by atoms with Crippen LogP contribution in [0.1, 0.15) is 48.5 Å². The minimum atomic E-state index is 0.235. The second-order valence-corrected chi connectivity index (χ2v) is 5.01. The maximum Gasteiger partial charge on any atom is 0.167 e. The Morgan fingerprint density at radius 1 is 1.31 bits per heavy atom. The Morgan fingerprint density at radius 2 is 2.00 bits per heavy atom. The van der Waals surface area contributed by atoms with E-state index in [9.17, 15) is 4.79 Å². The van der Waals surface area contributed by atoms with Crippen molar-refractivity contribution >= 4 is 5.78 Å². The van der Waals surface area contributed by atoms with Crippen molar-refractivity contribution in [3.63, 3.8) is 0 Å². The molecule has 1 heterocycles. The summed E-state index contributed by atoms with van der Waals surface area (Å²) in [4.78, 5) is 16.3. The predicted octanol–water partition coefficient (Wildman–Crippen LogP) is 3.40. The zero-order valence-corrected chi connectivity index (χ0v) is 10.1. The third-order valence-corrected chi connectivity index (χ3v) is 3.69. The molecule has 1 aliphatic rings. The van der Waals surface area contributed by atoms with Gasteiger partial charge in [0.2, 0.25) is 0 Å². The fourth-order valence-corrected chi connectivity index (χ4v) is 2.46. The molecule has 0 N–H and O–H groups in total. The Hall–Kier alpha value is -1.18. The number of hydrogen-bond acceptors (Lipinski definition) is 2. The van der Waals surface area contributed by atoms with Gasteiger partial charge in [0.05, 0.1) is 0 Å². The van der Waals surface area contributed by atoms with Crippen LogP contribution in [-0.2, 0) is 0 Å². The van der Waals surface area contributed by atoms with Crippen LogP contribution in [0.4, 0.5) is 0 Å². The summed E-state index contributed by atoms with van der Waals surface area (Å²) in [6.07, 6.45) is 7.94.